The third-order valence-corrected chi connectivity index (χ3v) is 7.72. The lowest BCUT2D eigenvalue weighted by Gasteiger charge is -2.23. The van der Waals surface area contributed by atoms with Gasteiger partial charge in [-0.05, 0) is 54.1 Å². The first-order chi connectivity index (χ1) is 17.4. The fraction of sp³-hybridized carbons (Fsp3) is 0.115. The summed E-state index contributed by atoms with van der Waals surface area (Å²) < 4.78 is 12.7. The minimum atomic E-state index is -0.897. The number of Topliss-reactive ketones (excluding diaryl/α,β-unsaturated/α-hetero) is 1. The van der Waals surface area contributed by atoms with Crippen molar-refractivity contribution in [2.75, 3.05) is 18.1 Å². The van der Waals surface area contributed by atoms with Gasteiger partial charge in [0.2, 0.25) is 0 Å². The number of ether oxygens (including phenoxy) is 2. The fourth-order valence-corrected chi connectivity index (χ4v) is 6.04. The van der Waals surface area contributed by atoms with Crippen molar-refractivity contribution in [3.8, 4) is 11.5 Å². The molecule has 3 aromatic carbocycles. The lowest BCUT2D eigenvalue weighted by molar-refractivity contribution is -0.132. The second kappa shape index (κ2) is 8.92. The Kier molecular flexibility index (Phi) is 5.70. The van der Waals surface area contributed by atoms with Gasteiger partial charge in [-0.1, -0.05) is 51.0 Å². The van der Waals surface area contributed by atoms with Crippen molar-refractivity contribution in [2.45, 2.75) is 6.04 Å². The molecule has 1 unspecified atom stereocenters. The number of benzene rings is 3. The zero-order valence-corrected chi connectivity index (χ0v) is 21.6. The molecule has 0 saturated carbocycles. The molecule has 1 aromatic heterocycles. The van der Waals surface area contributed by atoms with E-state index in [4.69, 9.17) is 21.1 Å². The zero-order chi connectivity index (χ0) is 25.0. The number of ketones is 1. The molecule has 10 heteroatoms. The summed E-state index contributed by atoms with van der Waals surface area (Å²) in [6.07, 6.45) is 0. The van der Waals surface area contributed by atoms with E-state index in [1.807, 2.05) is 18.2 Å². The van der Waals surface area contributed by atoms with Crippen molar-refractivity contribution >= 4 is 71.7 Å². The van der Waals surface area contributed by atoms with Crippen LogP contribution in [-0.4, -0.2) is 35.0 Å². The Hall–Kier alpha value is -3.40. The number of nitrogens with zero attached hydrogens (tertiary/aromatic N) is 2. The Morgan fingerprint density at radius 1 is 1.06 bits per heavy atom. The molecule has 0 radical (unpaired) electrons. The topological polar surface area (TPSA) is 89.0 Å². The summed E-state index contributed by atoms with van der Waals surface area (Å²) in [6, 6.07) is 16.5. The van der Waals surface area contributed by atoms with Crippen molar-refractivity contribution < 1.29 is 24.2 Å². The van der Waals surface area contributed by atoms with E-state index in [1.165, 1.54) is 16.2 Å². The van der Waals surface area contributed by atoms with Crippen LogP contribution in [-0.2, 0) is 9.59 Å². The van der Waals surface area contributed by atoms with Gasteiger partial charge in [0.25, 0.3) is 5.78 Å². The Labute approximate surface area is 222 Å². The molecule has 1 fully saturated rings. The Balaban J connectivity index is 1.54. The maximum Gasteiger partial charge on any atom is 0.301 e. The first-order valence-electron chi connectivity index (χ1n) is 10.9. The van der Waals surface area contributed by atoms with Crippen LogP contribution in [0.25, 0.3) is 16.0 Å². The number of amides is 1. The normalized spacial score (nSPS) is 18.7. The average molecular weight is 584 g/mol. The first kappa shape index (κ1) is 23.0. The number of aliphatic hydroxyl groups is 1. The molecular formula is C26H16BrClN2O5S. The van der Waals surface area contributed by atoms with Crippen LogP contribution >= 0.6 is 38.9 Å². The van der Waals surface area contributed by atoms with Crippen LogP contribution in [0.1, 0.15) is 17.2 Å². The summed E-state index contributed by atoms with van der Waals surface area (Å²) in [5.74, 6) is -0.868. The van der Waals surface area contributed by atoms with Crippen molar-refractivity contribution in [1.82, 2.24) is 4.98 Å². The summed E-state index contributed by atoms with van der Waals surface area (Å²) in [5.41, 5.74) is 1.60. The van der Waals surface area contributed by atoms with Gasteiger partial charge in [-0.2, -0.15) is 0 Å². The van der Waals surface area contributed by atoms with Gasteiger partial charge >= 0.3 is 5.91 Å². The number of fused-ring (bicyclic) bond motifs is 2. The summed E-state index contributed by atoms with van der Waals surface area (Å²) >= 11 is 10.9. The predicted molar refractivity (Wildman–Crippen MR) is 141 cm³/mol. The number of rotatable bonds is 3. The molecule has 2 aliphatic heterocycles. The second-order valence-electron chi connectivity index (χ2n) is 8.19. The van der Waals surface area contributed by atoms with E-state index in [1.54, 1.807) is 42.5 Å². The minimum absolute atomic E-state index is 0.0351. The molecule has 36 heavy (non-hydrogen) atoms. The number of hydrogen-bond acceptors (Lipinski definition) is 7. The van der Waals surface area contributed by atoms with Crippen LogP contribution in [0.3, 0.4) is 0 Å². The van der Waals surface area contributed by atoms with Gasteiger partial charge in [0.15, 0.2) is 16.6 Å². The van der Waals surface area contributed by atoms with Crippen molar-refractivity contribution in [2.24, 2.45) is 0 Å². The molecule has 180 valence electrons. The van der Waals surface area contributed by atoms with Crippen molar-refractivity contribution in [3.63, 3.8) is 0 Å². The van der Waals surface area contributed by atoms with Crippen molar-refractivity contribution in [1.29, 1.82) is 0 Å². The zero-order valence-electron chi connectivity index (χ0n) is 18.4. The van der Waals surface area contributed by atoms with Gasteiger partial charge in [0, 0.05) is 15.1 Å². The Bertz CT molecular complexity index is 1600. The molecule has 4 aromatic rings. The molecule has 0 aliphatic carbocycles. The van der Waals surface area contributed by atoms with Crippen LogP contribution in [0.2, 0.25) is 5.02 Å². The van der Waals surface area contributed by atoms with Crippen LogP contribution < -0.4 is 14.4 Å². The van der Waals surface area contributed by atoms with E-state index in [2.05, 4.69) is 20.9 Å². The number of aromatic nitrogens is 1. The average Bonchev–Trinajstić information content (AvgIpc) is 3.41. The Morgan fingerprint density at radius 3 is 2.67 bits per heavy atom. The van der Waals surface area contributed by atoms with Crippen LogP contribution in [0.5, 0.6) is 11.5 Å². The number of anilines is 1. The van der Waals surface area contributed by atoms with Gasteiger partial charge in [0.1, 0.15) is 19.0 Å². The molecule has 1 saturated heterocycles. The third-order valence-electron chi connectivity index (χ3n) is 5.97. The maximum absolute atomic E-state index is 13.4. The number of carbonyl (C=O) groups excluding carboxylic acids is 2. The maximum atomic E-state index is 13.4. The molecule has 0 spiro atoms. The van der Waals surface area contributed by atoms with Crippen LogP contribution in [0.4, 0.5) is 5.13 Å². The van der Waals surface area contributed by atoms with E-state index in [0.717, 1.165) is 9.17 Å². The second-order valence-corrected chi connectivity index (χ2v) is 10.6. The van der Waals surface area contributed by atoms with E-state index < -0.39 is 17.7 Å². The lowest BCUT2D eigenvalue weighted by atomic mass is 9.95. The highest BCUT2D eigenvalue weighted by molar-refractivity contribution is 9.10. The molecule has 1 amide bonds. The van der Waals surface area contributed by atoms with E-state index in [0.29, 0.717) is 51.5 Å². The highest BCUT2D eigenvalue weighted by Gasteiger charge is 2.48. The predicted octanol–water partition coefficient (Wildman–Crippen LogP) is 6.11. The van der Waals surface area contributed by atoms with E-state index in [9.17, 15) is 14.7 Å². The molecule has 6 rings (SSSR count). The van der Waals surface area contributed by atoms with Gasteiger partial charge < -0.3 is 14.6 Å². The first-order valence-corrected chi connectivity index (χ1v) is 12.9. The molecular weight excluding hydrogens is 568 g/mol. The van der Waals surface area contributed by atoms with Gasteiger partial charge in [-0.3, -0.25) is 14.5 Å². The van der Waals surface area contributed by atoms with Crippen molar-refractivity contribution in [3.05, 3.63) is 86.9 Å². The van der Waals surface area contributed by atoms with Crippen LogP contribution in [0, 0.1) is 0 Å². The highest BCUT2D eigenvalue weighted by Crippen LogP contribution is 2.45. The number of carbonyl (C=O) groups is 2. The van der Waals surface area contributed by atoms with Gasteiger partial charge in [-0.25, -0.2) is 4.98 Å². The molecule has 1 atom stereocenters. The summed E-state index contributed by atoms with van der Waals surface area (Å²) in [6.45, 7) is 0.807. The largest absolute Gasteiger partial charge is 0.507 e. The summed E-state index contributed by atoms with van der Waals surface area (Å²) in [5, 5.41) is 12.3. The lowest BCUT2D eigenvalue weighted by Crippen LogP contribution is -2.29. The SMILES string of the molecule is O=C1C(=O)N(c2nc3ccc(Cl)cc3s2)C(c2cccc(Br)c2)/C1=C(/O)c1ccc2c(c1)OCCO2. The van der Waals surface area contributed by atoms with Crippen LogP contribution in [0.15, 0.2) is 70.7 Å². The van der Waals surface area contributed by atoms with E-state index in [-0.39, 0.29) is 11.3 Å². The quantitative estimate of drug-likeness (QED) is 0.178. The fourth-order valence-electron chi connectivity index (χ4n) is 4.36. The molecule has 2 aliphatic rings. The third kappa shape index (κ3) is 3.84. The monoisotopic (exact) mass is 582 g/mol. The summed E-state index contributed by atoms with van der Waals surface area (Å²) in [4.78, 5) is 32.8. The van der Waals surface area contributed by atoms with Gasteiger partial charge in [-0.15, -0.1) is 0 Å². The van der Waals surface area contributed by atoms with Gasteiger partial charge in [0.05, 0.1) is 21.8 Å². The minimum Gasteiger partial charge on any atom is -0.507 e. The number of hydrogen-bond donors (Lipinski definition) is 1. The van der Waals surface area contributed by atoms with E-state index >= 15 is 0 Å². The Morgan fingerprint density at radius 2 is 1.86 bits per heavy atom. The highest BCUT2D eigenvalue weighted by atomic mass is 79.9. The summed E-state index contributed by atoms with van der Waals surface area (Å²) in [7, 11) is 0. The number of aliphatic hydroxyl groups excluding tert-OH is 1. The molecule has 7 nitrogen and oxygen atoms in total. The number of thiazole rings is 1. The standard InChI is InChI=1S/C26H16BrClN2O5S/c27-15-3-1-2-13(10-15)22-21(23(31)14-4-7-18-19(11-14)35-9-8-34-18)24(32)25(33)30(22)26-29-17-6-5-16(28)12-20(17)36-26/h1-7,10-12,22,31H,8-9H2/b23-21-. The smallest absolute Gasteiger partial charge is 0.301 e. The number of halogens is 2. The molecule has 1 N–H and O–H groups in total. The molecule has 3 heterocycles. The molecule has 0 bridgehead atoms.